The fourth-order valence-electron chi connectivity index (χ4n) is 2.54. The normalized spacial score (nSPS) is 11.2. The van der Waals surface area contributed by atoms with Gasteiger partial charge in [0.05, 0.1) is 22.2 Å². The number of nitrogens with zero attached hydrogens (tertiary/aromatic N) is 2. The van der Waals surface area contributed by atoms with Crippen LogP contribution in [0.2, 0.25) is 0 Å². The fraction of sp³-hybridized carbons (Fsp3) is 0. The van der Waals surface area contributed by atoms with Crippen molar-refractivity contribution in [3.63, 3.8) is 0 Å². The summed E-state index contributed by atoms with van der Waals surface area (Å²) in [5, 5.41) is 0. The first-order valence-electron chi connectivity index (χ1n) is 6.45. The number of aromatic nitrogens is 2. The average Bonchev–Trinajstić information content (AvgIpc) is 2.97. The summed E-state index contributed by atoms with van der Waals surface area (Å²) in [6.45, 7) is 0. The molecule has 0 unspecified atom stereocenters. The molecule has 0 saturated carbocycles. The Morgan fingerprint density at radius 2 is 1.55 bits per heavy atom. The summed E-state index contributed by atoms with van der Waals surface area (Å²) in [7, 11) is 0. The first-order valence-corrected chi connectivity index (χ1v) is 6.45. The van der Waals surface area contributed by atoms with Gasteiger partial charge in [-0.05, 0) is 48.5 Å². The molecule has 0 amide bonds. The minimum atomic E-state index is -0.235. The van der Waals surface area contributed by atoms with Gasteiger partial charge in [0.25, 0.3) is 0 Å². The Morgan fingerprint density at radius 3 is 2.40 bits per heavy atom. The number of rotatable bonds is 1. The van der Waals surface area contributed by atoms with Crippen LogP contribution in [0.15, 0.2) is 66.9 Å². The van der Waals surface area contributed by atoms with Crippen LogP contribution >= 0.6 is 0 Å². The molecule has 3 heteroatoms. The van der Waals surface area contributed by atoms with Crippen molar-refractivity contribution in [1.29, 1.82) is 0 Å². The van der Waals surface area contributed by atoms with Crippen molar-refractivity contribution in [3.8, 4) is 11.3 Å². The molecule has 0 N–H and O–H groups in total. The van der Waals surface area contributed by atoms with Crippen LogP contribution in [0.4, 0.5) is 4.39 Å². The second-order valence-corrected chi connectivity index (χ2v) is 4.72. The summed E-state index contributed by atoms with van der Waals surface area (Å²) in [5.41, 5.74) is 4.80. The van der Waals surface area contributed by atoms with Crippen molar-refractivity contribution in [2.45, 2.75) is 0 Å². The minimum Gasteiger partial charge on any atom is -0.313 e. The second-order valence-electron chi connectivity index (χ2n) is 4.72. The third-order valence-corrected chi connectivity index (χ3v) is 3.48. The molecule has 0 saturated heterocycles. The molecule has 4 rings (SSSR count). The summed E-state index contributed by atoms with van der Waals surface area (Å²) in [4.78, 5) is 4.73. The van der Waals surface area contributed by atoms with Crippen LogP contribution in [0.1, 0.15) is 0 Å². The smallest absolute Gasteiger partial charge is 0.123 e. The largest absolute Gasteiger partial charge is 0.313 e. The summed E-state index contributed by atoms with van der Waals surface area (Å²) in [6, 6.07) is 18.5. The summed E-state index contributed by atoms with van der Waals surface area (Å²) < 4.78 is 15.2. The number of fused-ring (bicyclic) bond motifs is 3. The maximum atomic E-state index is 13.1. The van der Waals surface area contributed by atoms with Crippen molar-refractivity contribution >= 4 is 16.6 Å². The molecule has 0 aliphatic heterocycles. The van der Waals surface area contributed by atoms with E-state index in [9.17, 15) is 4.39 Å². The van der Waals surface area contributed by atoms with Gasteiger partial charge in [0.2, 0.25) is 0 Å². The summed E-state index contributed by atoms with van der Waals surface area (Å²) in [5.74, 6) is -0.235. The monoisotopic (exact) mass is 262 g/mol. The van der Waals surface area contributed by atoms with Crippen LogP contribution in [0, 0.1) is 5.82 Å². The Kier molecular flexibility index (Phi) is 2.33. The van der Waals surface area contributed by atoms with Crippen LogP contribution in [0.3, 0.4) is 0 Å². The first-order chi connectivity index (χ1) is 9.83. The molecule has 96 valence electrons. The molecule has 2 nitrogen and oxygen atoms in total. The fourth-order valence-corrected chi connectivity index (χ4v) is 2.54. The van der Waals surface area contributed by atoms with E-state index >= 15 is 0 Å². The van der Waals surface area contributed by atoms with Gasteiger partial charge in [-0.2, -0.15) is 0 Å². The molecule has 2 heterocycles. The average molecular weight is 262 g/mol. The number of hydrogen-bond acceptors (Lipinski definition) is 1. The number of hydrogen-bond donors (Lipinski definition) is 0. The topological polar surface area (TPSA) is 17.3 Å². The molecular weight excluding hydrogens is 251 g/mol. The van der Waals surface area contributed by atoms with Gasteiger partial charge in [0.1, 0.15) is 5.82 Å². The lowest BCUT2D eigenvalue weighted by molar-refractivity contribution is 0.628. The predicted octanol–water partition coefficient (Wildman–Crippen LogP) is 4.29. The zero-order valence-electron chi connectivity index (χ0n) is 10.6. The van der Waals surface area contributed by atoms with Gasteiger partial charge in [0, 0.05) is 11.8 Å². The van der Waals surface area contributed by atoms with E-state index in [-0.39, 0.29) is 5.82 Å². The molecule has 0 spiro atoms. The van der Waals surface area contributed by atoms with E-state index in [4.69, 9.17) is 4.98 Å². The molecule has 4 aromatic rings. The van der Waals surface area contributed by atoms with E-state index in [0.29, 0.717) is 0 Å². The first kappa shape index (κ1) is 11.2. The molecule has 0 aliphatic carbocycles. The minimum absolute atomic E-state index is 0.235. The molecular formula is C17H11FN2. The third-order valence-electron chi connectivity index (χ3n) is 3.48. The van der Waals surface area contributed by atoms with Crippen LogP contribution in [0.25, 0.3) is 27.8 Å². The van der Waals surface area contributed by atoms with E-state index in [1.54, 1.807) is 12.1 Å². The second kappa shape index (κ2) is 4.17. The molecule has 0 atom stereocenters. The maximum absolute atomic E-state index is 13.1. The van der Waals surface area contributed by atoms with Crippen LogP contribution in [-0.4, -0.2) is 9.38 Å². The van der Waals surface area contributed by atoms with Crippen molar-refractivity contribution in [2.75, 3.05) is 0 Å². The number of para-hydroxylation sites is 2. The highest BCUT2D eigenvalue weighted by Gasteiger charge is 2.09. The Labute approximate surface area is 115 Å². The van der Waals surface area contributed by atoms with Crippen molar-refractivity contribution in [3.05, 3.63) is 72.7 Å². The highest BCUT2D eigenvalue weighted by molar-refractivity contribution is 5.87. The van der Waals surface area contributed by atoms with Gasteiger partial charge in [0.15, 0.2) is 0 Å². The lowest BCUT2D eigenvalue weighted by Gasteiger charge is -2.08. The van der Waals surface area contributed by atoms with Crippen molar-refractivity contribution < 1.29 is 4.39 Å². The van der Waals surface area contributed by atoms with Crippen LogP contribution in [0.5, 0.6) is 0 Å². The lowest BCUT2D eigenvalue weighted by atomic mass is 10.1. The molecule has 0 radical (unpaired) electrons. The molecule has 0 aliphatic rings. The standard InChI is InChI=1S/C17H11FN2/c18-13-9-7-12(8-10-13)17-16-6-3-11-20(16)15-5-2-1-4-14(15)19-17/h1-11H. The lowest BCUT2D eigenvalue weighted by Crippen LogP contribution is -1.94. The van der Waals surface area contributed by atoms with Crippen LogP contribution in [-0.2, 0) is 0 Å². The Bertz CT molecular complexity index is 907. The van der Waals surface area contributed by atoms with Gasteiger partial charge >= 0.3 is 0 Å². The Hall–Kier alpha value is -2.68. The predicted molar refractivity (Wildman–Crippen MR) is 78.1 cm³/mol. The van der Waals surface area contributed by atoms with Crippen molar-refractivity contribution in [2.24, 2.45) is 0 Å². The third kappa shape index (κ3) is 1.60. The SMILES string of the molecule is Fc1ccc(-c2nc3ccccc3n3cccc23)cc1. The molecule has 2 aromatic heterocycles. The quantitative estimate of drug-likeness (QED) is 0.500. The molecule has 20 heavy (non-hydrogen) atoms. The maximum Gasteiger partial charge on any atom is 0.123 e. The van der Waals surface area contributed by atoms with Gasteiger partial charge in [-0.3, -0.25) is 0 Å². The number of halogens is 1. The Balaban J connectivity index is 2.11. The molecule has 0 bridgehead atoms. The number of benzene rings is 2. The van der Waals surface area contributed by atoms with Gasteiger partial charge in [-0.25, -0.2) is 9.37 Å². The van der Waals surface area contributed by atoms with Crippen molar-refractivity contribution in [1.82, 2.24) is 9.38 Å². The van der Waals surface area contributed by atoms with E-state index in [1.165, 1.54) is 12.1 Å². The molecule has 0 fully saturated rings. The highest BCUT2D eigenvalue weighted by atomic mass is 19.1. The zero-order chi connectivity index (χ0) is 13.5. The van der Waals surface area contributed by atoms with E-state index in [2.05, 4.69) is 4.40 Å². The van der Waals surface area contributed by atoms with Crippen LogP contribution < -0.4 is 0 Å². The summed E-state index contributed by atoms with van der Waals surface area (Å²) in [6.07, 6.45) is 2.02. The zero-order valence-corrected chi connectivity index (χ0v) is 10.6. The van der Waals surface area contributed by atoms with E-state index in [1.807, 2.05) is 42.6 Å². The summed E-state index contributed by atoms with van der Waals surface area (Å²) >= 11 is 0. The van der Waals surface area contributed by atoms with E-state index in [0.717, 1.165) is 27.8 Å². The van der Waals surface area contributed by atoms with Gasteiger partial charge in [-0.15, -0.1) is 0 Å². The van der Waals surface area contributed by atoms with E-state index < -0.39 is 0 Å². The van der Waals surface area contributed by atoms with Gasteiger partial charge in [-0.1, -0.05) is 12.1 Å². The molecule has 2 aromatic carbocycles. The highest BCUT2D eigenvalue weighted by Crippen LogP contribution is 2.27. The Morgan fingerprint density at radius 1 is 0.800 bits per heavy atom. The van der Waals surface area contributed by atoms with Gasteiger partial charge < -0.3 is 4.40 Å².